The quantitative estimate of drug-likeness (QED) is 0.621. The topological polar surface area (TPSA) is 87.8 Å². The molecule has 1 unspecified atom stereocenters. The van der Waals surface area contributed by atoms with E-state index in [-0.39, 0.29) is 23.2 Å². The van der Waals surface area contributed by atoms with Crippen molar-refractivity contribution in [2.24, 2.45) is 0 Å². The van der Waals surface area contributed by atoms with E-state index in [1.54, 1.807) is 36.4 Å². The molecule has 0 bridgehead atoms. The van der Waals surface area contributed by atoms with Crippen LogP contribution in [0.15, 0.2) is 53.3 Å². The molecule has 0 radical (unpaired) electrons. The Hall–Kier alpha value is -3.46. The molecule has 29 heavy (non-hydrogen) atoms. The molecular formula is C23H24N4O2. The fourth-order valence-electron chi connectivity index (χ4n) is 3.26. The number of hydrogen-bond acceptors (Lipinski definition) is 4. The lowest BCUT2D eigenvalue weighted by Crippen LogP contribution is -2.32. The zero-order valence-corrected chi connectivity index (χ0v) is 16.7. The normalized spacial score (nSPS) is 11.8. The van der Waals surface area contributed by atoms with E-state index in [4.69, 9.17) is 5.26 Å². The van der Waals surface area contributed by atoms with Gasteiger partial charge in [-0.25, -0.2) is 4.68 Å². The van der Waals surface area contributed by atoms with E-state index in [1.165, 1.54) is 4.68 Å². The number of unbranched alkanes of at least 4 members (excludes halogenated alkanes) is 2. The number of nitrogens with one attached hydrogen (secondary N) is 1. The molecule has 2 aromatic carbocycles. The molecular weight excluding hydrogens is 364 g/mol. The Morgan fingerprint density at radius 3 is 2.48 bits per heavy atom. The predicted molar refractivity (Wildman–Crippen MR) is 113 cm³/mol. The molecule has 0 aliphatic carbocycles. The molecule has 0 saturated carbocycles. The lowest BCUT2D eigenvalue weighted by molar-refractivity contribution is 0.0934. The number of benzene rings is 2. The molecule has 1 N–H and O–H groups in total. The average Bonchev–Trinajstić information content (AvgIpc) is 2.75. The summed E-state index contributed by atoms with van der Waals surface area (Å²) in [4.78, 5) is 25.8. The van der Waals surface area contributed by atoms with Crippen molar-refractivity contribution in [2.45, 2.75) is 45.7 Å². The van der Waals surface area contributed by atoms with Crippen LogP contribution in [-0.2, 0) is 6.54 Å². The van der Waals surface area contributed by atoms with E-state index in [9.17, 15) is 9.59 Å². The van der Waals surface area contributed by atoms with Gasteiger partial charge >= 0.3 is 0 Å². The number of fused-ring (bicyclic) bond motifs is 1. The van der Waals surface area contributed by atoms with Crippen molar-refractivity contribution in [1.29, 1.82) is 5.26 Å². The maximum atomic E-state index is 13.0. The summed E-state index contributed by atoms with van der Waals surface area (Å²) < 4.78 is 1.40. The molecule has 1 amide bonds. The third-order valence-electron chi connectivity index (χ3n) is 4.94. The largest absolute Gasteiger partial charge is 0.344 e. The molecule has 3 aromatic rings. The van der Waals surface area contributed by atoms with Gasteiger partial charge in [0.05, 0.1) is 23.1 Å². The molecule has 0 saturated heterocycles. The van der Waals surface area contributed by atoms with E-state index in [0.29, 0.717) is 22.9 Å². The van der Waals surface area contributed by atoms with Crippen LogP contribution in [0.4, 0.5) is 0 Å². The highest BCUT2D eigenvalue weighted by molar-refractivity contribution is 6.04. The van der Waals surface area contributed by atoms with Gasteiger partial charge in [-0.05, 0) is 37.1 Å². The standard InChI is InChI=1S/C23H24N4O2/c1-3-4-7-14-27-23(29)20-9-6-5-8-19(20)21(26-27)22(28)25-16(2)18-12-10-17(15-24)11-13-18/h5-6,8-13,16H,3-4,7,14H2,1-2H3,(H,25,28). The third kappa shape index (κ3) is 4.52. The Kier molecular flexibility index (Phi) is 6.40. The number of nitriles is 1. The summed E-state index contributed by atoms with van der Waals surface area (Å²) in [7, 11) is 0. The van der Waals surface area contributed by atoms with Gasteiger partial charge in [0, 0.05) is 11.9 Å². The van der Waals surface area contributed by atoms with Gasteiger partial charge in [0.1, 0.15) is 0 Å². The fraction of sp³-hybridized carbons (Fsp3) is 0.304. The molecule has 6 nitrogen and oxygen atoms in total. The molecule has 1 aromatic heterocycles. The molecule has 1 atom stereocenters. The Balaban J connectivity index is 1.92. The molecule has 1 heterocycles. The highest BCUT2D eigenvalue weighted by Gasteiger charge is 2.18. The molecule has 0 aliphatic rings. The predicted octanol–water partition coefficient (Wildman–Crippen LogP) is 3.95. The van der Waals surface area contributed by atoms with Gasteiger partial charge in [0.15, 0.2) is 5.69 Å². The summed E-state index contributed by atoms with van der Waals surface area (Å²) in [6.07, 6.45) is 2.88. The van der Waals surface area contributed by atoms with Crippen molar-refractivity contribution in [3.05, 3.63) is 75.7 Å². The van der Waals surface area contributed by atoms with Crippen LogP contribution >= 0.6 is 0 Å². The lowest BCUT2D eigenvalue weighted by atomic mass is 10.1. The second kappa shape index (κ2) is 9.16. The summed E-state index contributed by atoms with van der Waals surface area (Å²) in [6, 6.07) is 16.0. The Morgan fingerprint density at radius 2 is 1.83 bits per heavy atom. The van der Waals surface area contributed by atoms with Crippen molar-refractivity contribution in [2.75, 3.05) is 0 Å². The van der Waals surface area contributed by atoms with Crippen molar-refractivity contribution in [1.82, 2.24) is 15.1 Å². The number of aromatic nitrogens is 2. The van der Waals surface area contributed by atoms with Crippen molar-refractivity contribution < 1.29 is 4.79 Å². The highest BCUT2D eigenvalue weighted by Crippen LogP contribution is 2.17. The van der Waals surface area contributed by atoms with E-state index in [0.717, 1.165) is 24.8 Å². The molecule has 148 valence electrons. The number of hydrogen-bond donors (Lipinski definition) is 1. The first-order chi connectivity index (χ1) is 14.0. The van der Waals surface area contributed by atoms with Crippen LogP contribution in [0.3, 0.4) is 0 Å². The minimum Gasteiger partial charge on any atom is -0.344 e. The van der Waals surface area contributed by atoms with E-state index in [1.807, 2.05) is 19.1 Å². The first kappa shape index (κ1) is 20.3. The van der Waals surface area contributed by atoms with Gasteiger partial charge in [0.2, 0.25) is 0 Å². The minimum atomic E-state index is -0.331. The lowest BCUT2D eigenvalue weighted by Gasteiger charge is -2.16. The van der Waals surface area contributed by atoms with Gasteiger partial charge in [-0.2, -0.15) is 10.4 Å². The number of nitrogens with zero attached hydrogens (tertiary/aromatic N) is 3. The second-order valence-corrected chi connectivity index (χ2v) is 7.06. The van der Waals surface area contributed by atoms with Crippen LogP contribution in [0, 0.1) is 11.3 Å². The van der Waals surface area contributed by atoms with Gasteiger partial charge in [-0.3, -0.25) is 9.59 Å². The molecule has 0 fully saturated rings. The van der Waals surface area contributed by atoms with E-state index >= 15 is 0 Å². The number of rotatable bonds is 7. The number of carbonyl (C=O) groups excluding carboxylic acids is 1. The molecule has 0 spiro atoms. The Morgan fingerprint density at radius 1 is 1.14 bits per heavy atom. The Bertz CT molecular complexity index is 1110. The van der Waals surface area contributed by atoms with Gasteiger partial charge < -0.3 is 5.32 Å². The SMILES string of the molecule is CCCCCn1nc(C(=O)NC(C)c2ccc(C#N)cc2)c2ccccc2c1=O. The van der Waals surface area contributed by atoms with Gasteiger partial charge in [-0.15, -0.1) is 0 Å². The zero-order chi connectivity index (χ0) is 20.8. The smallest absolute Gasteiger partial charge is 0.274 e. The summed E-state index contributed by atoms with van der Waals surface area (Å²) in [5.74, 6) is -0.331. The average molecular weight is 388 g/mol. The van der Waals surface area contributed by atoms with Crippen LogP contribution in [0.5, 0.6) is 0 Å². The van der Waals surface area contributed by atoms with Crippen LogP contribution in [0.25, 0.3) is 10.8 Å². The number of amides is 1. The molecule has 6 heteroatoms. The second-order valence-electron chi connectivity index (χ2n) is 7.06. The van der Waals surface area contributed by atoms with Gasteiger partial charge in [0.25, 0.3) is 11.5 Å². The number of carbonyl (C=O) groups is 1. The zero-order valence-electron chi connectivity index (χ0n) is 16.7. The van der Waals surface area contributed by atoms with Crippen LogP contribution in [0.1, 0.15) is 60.8 Å². The summed E-state index contributed by atoms with van der Waals surface area (Å²) >= 11 is 0. The van der Waals surface area contributed by atoms with Crippen LogP contribution < -0.4 is 10.9 Å². The Labute approximate surface area is 169 Å². The molecule has 3 rings (SSSR count). The monoisotopic (exact) mass is 388 g/mol. The van der Waals surface area contributed by atoms with Crippen molar-refractivity contribution in [3.8, 4) is 6.07 Å². The maximum Gasteiger partial charge on any atom is 0.274 e. The minimum absolute atomic E-state index is 0.173. The number of aryl methyl sites for hydroxylation is 1. The van der Waals surface area contributed by atoms with E-state index in [2.05, 4.69) is 23.4 Å². The van der Waals surface area contributed by atoms with Crippen molar-refractivity contribution >= 4 is 16.7 Å². The third-order valence-corrected chi connectivity index (χ3v) is 4.94. The summed E-state index contributed by atoms with van der Waals surface area (Å²) in [5.41, 5.74) is 1.53. The van der Waals surface area contributed by atoms with Gasteiger partial charge in [-0.1, -0.05) is 50.1 Å². The first-order valence-electron chi connectivity index (χ1n) is 9.86. The highest BCUT2D eigenvalue weighted by atomic mass is 16.2. The van der Waals surface area contributed by atoms with Crippen molar-refractivity contribution in [3.63, 3.8) is 0 Å². The van der Waals surface area contributed by atoms with E-state index < -0.39 is 0 Å². The summed E-state index contributed by atoms with van der Waals surface area (Å²) in [5, 5.41) is 17.3. The first-order valence-corrected chi connectivity index (χ1v) is 9.86. The molecule has 0 aliphatic heterocycles. The summed E-state index contributed by atoms with van der Waals surface area (Å²) in [6.45, 7) is 4.46. The van der Waals surface area contributed by atoms with Crippen LogP contribution in [-0.4, -0.2) is 15.7 Å². The van der Waals surface area contributed by atoms with Crippen LogP contribution in [0.2, 0.25) is 0 Å². The fourth-order valence-corrected chi connectivity index (χ4v) is 3.26. The maximum absolute atomic E-state index is 13.0.